The molecule has 2 heterocycles. The zero-order valence-corrected chi connectivity index (χ0v) is 14.4. The van der Waals surface area contributed by atoms with Gasteiger partial charge in [-0.2, -0.15) is 13.2 Å². The second kappa shape index (κ2) is 6.76. The Bertz CT molecular complexity index is 884. The smallest absolute Gasteiger partial charge is 0.332 e. The number of carbonyl (C=O) groups is 1. The number of halogens is 4. The Balaban J connectivity index is 1.72. The molecular weight excluding hydrogens is 366 g/mol. The summed E-state index contributed by atoms with van der Waals surface area (Å²) in [5.41, 5.74) is 3.60. The third kappa shape index (κ3) is 4.16. The third-order valence-electron chi connectivity index (χ3n) is 4.17. The van der Waals surface area contributed by atoms with Crippen LogP contribution in [-0.4, -0.2) is 50.9 Å². The van der Waals surface area contributed by atoms with Gasteiger partial charge in [0.2, 0.25) is 5.91 Å². The molecule has 0 spiro atoms. The van der Waals surface area contributed by atoms with Crippen LogP contribution >= 0.6 is 0 Å². The highest BCUT2D eigenvalue weighted by molar-refractivity contribution is 5.91. The van der Waals surface area contributed by atoms with Crippen LogP contribution in [0.2, 0.25) is 0 Å². The van der Waals surface area contributed by atoms with E-state index in [2.05, 4.69) is 10.1 Å². The van der Waals surface area contributed by atoms with E-state index in [0.29, 0.717) is 5.56 Å². The summed E-state index contributed by atoms with van der Waals surface area (Å²) in [7, 11) is 0. The summed E-state index contributed by atoms with van der Waals surface area (Å²) < 4.78 is 53.7. The van der Waals surface area contributed by atoms with Gasteiger partial charge in [0.25, 0.3) is 0 Å². The highest BCUT2D eigenvalue weighted by Gasteiger charge is 2.44. The Hall–Kier alpha value is -2.75. The third-order valence-corrected chi connectivity index (χ3v) is 4.17. The summed E-state index contributed by atoms with van der Waals surface area (Å²) in [6.45, 7) is 1.26. The van der Waals surface area contributed by atoms with Crippen molar-refractivity contribution in [2.75, 3.05) is 19.6 Å². The Morgan fingerprint density at radius 2 is 2.04 bits per heavy atom. The van der Waals surface area contributed by atoms with Crippen LogP contribution in [-0.2, 0) is 11.0 Å². The van der Waals surface area contributed by atoms with Crippen LogP contribution in [0.25, 0.3) is 17.6 Å². The summed E-state index contributed by atoms with van der Waals surface area (Å²) in [6, 6.07) is 3.55. The zero-order valence-electron chi connectivity index (χ0n) is 14.4. The van der Waals surface area contributed by atoms with Crippen molar-refractivity contribution in [2.45, 2.75) is 18.8 Å². The van der Waals surface area contributed by atoms with Gasteiger partial charge in [0.05, 0.1) is 18.7 Å². The van der Waals surface area contributed by atoms with E-state index in [1.54, 1.807) is 6.92 Å². The van der Waals surface area contributed by atoms with Gasteiger partial charge in [0.1, 0.15) is 6.33 Å². The molecule has 0 unspecified atom stereocenters. The first-order valence-electron chi connectivity index (χ1n) is 8.06. The van der Waals surface area contributed by atoms with Crippen LogP contribution in [0.15, 0.2) is 30.6 Å². The van der Waals surface area contributed by atoms with Gasteiger partial charge >= 0.3 is 6.18 Å². The average Bonchev–Trinajstić information content (AvgIpc) is 3.04. The van der Waals surface area contributed by atoms with Crippen molar-refractivity contribution < 1.29 is 22.4 Å². The standard InChI is InChI=1S/C17H17F4N5O/c1-11-4-12(6-13(5-11)17(19,20)21)15-23-10-26(24-15)3-2-14(27)25-8-16(18,7-22)9-25/h2-6,10H,7-9,22H2,1H3/b3-2-. The molecule has 1 aliphatic rings. The highest BCUT2D eigenvalue weighted by atomic mass is 19.4. The Labute approximate surface area is 152 Å². The van der Waals surface area contributed by atoms with Gasteiger partial charge in [0, 0.05) is 24.4 Å². The second-order valence-electron chi connectivity index (χ2n) is 6.50. The molecule has 0 saturated carbocycles. The number of likely N-dealkylation sites (tertiary alicyclic amines) is 1. The fourth-order valence-electron chi connectivity index (χ4n) is 2.72. The van der Waals surface area contributed by atoms with Gasteiger partial charge in [0.15, 0.2) is 11.5 Å². The molecule has 2 aromatic rings. The quantitative estimate of drug-likeness (QED) is 0.649. The molecule has 1 saturated heterocycles. The molecule has 27 heavy (non-hydrogen) atoms. The lowest BCUT2D eigenvalue weighted by Crippen LogP contribution is -2.63. The molecule has 0 atom stereocenters. The summed E-state index contributed by atoms with van der Waals surface area (Å²) in [5.74, 6) is -0.320. The molecule has 1 aliphatic heterocycles. The lowest BCUT2D eigenvalue weighted by molar-refractivity contribution is -0.139. The Kier molecular flexibility index (Phi) is 4.77. The second-order valence-corrected chi connectivity index (χ2v) is 6.50. The van der Waals surface area contributed by atoms with Crippen molar-refractivity contribution in [1.29, 1.82) is 0 Å². The number of aromatic nitrogens is 3. The molecule has 0 aliphatic carbocycles. The number of amides is 1. The van der Waals surface area contributed by atoms with Crippen molar-refractivity contribution in [1.82, 2.24) is 19.7 Å². The molecule has 1 fully saturated rings. The minimum atomic E-state index is -4.47. The van der Waals surface area contributed by atoms with Crippen molar-refractivity contribution >= 4 is 12.1 Å². The predicted octanol–water partition coefficient (Wildman–Crippen LogP) is 2.25. The Morgan fingerprint density at radius 3 is 2.67 bits per heavy atom. The molecule has 0 bridgehead atoms. The summed E-state index contributed by atoms with van der Waals surface area (Å²) in [6.07, 6.45) is -0.710. The van der Waals surface area contributed by atoms with E-state index < -0.39 is 23.3 Å². The van der Waals surface area contributed by atoms with Gasteiger partial charge in [-0.25, -0.2) is 14.1 Å². The van der Waals surface area contributed by atoms with Crippen LogP contribution in [0.5, 0.6) is 0 Å². The van der Waals surface area contributed by atoms with E-state index in [9.17, 15) is 22.4 Å². The lowest BCUT2D eigenvalue weighted by Gasteiger charge is -2.43. The van der Waals surface area contributed by atoms with Crippen molar-refractivity contribution in [3.8, 4) is 11.4 Å². The molecule has 144 valence electrons. The van der Waals surface area contributed by atoms with Crippen LogP contribution < -0.4 is 5.73 Å². The van der Waals surface area contributed by atoms with E-state index in [4.69, 9.17) is 5.73 Å². The van der Waals surface area contributed by atoms with Crippen LogP contribution in [0.4, 0.5) is 17.6 Å². The number of hydrogen-bond acceptors (Lipinski definition) is 4. The number of hydrogen-bond donors (Lipinski definition) is 1. The number of alkyl halides is 4. The summed E-state index contributed by atoms with van der Waals surface area (Å²) in [4.78, 5) is 17.2. The molecule has 0 radical (unpaired) electrons. The fraction of sp³-hybridized carbons (Fsp3) is 0.353. The van der Waals surface area contributed by atoms with Crippen molar-refractivity contribution in [2.24, 2.45) is 5.73 Å². The first-order chi connectivity index (χ1) is 12.6. The van der Waals surface area contributed by atoms with E-state index in [-0.39, 0.29) is 31.0 Å². The topological polar surface area (TPSA) is 77.0 Å². The predicted molar refractivity (Wildman–Crippen MR) is 90.0 cm³/mol. The van der Waals surface area contributed by atoms with Gasteiger partial charge in [-0.1, -0.05) is 0 Å². The molecule has 1 aromatic carbocycles. The number of nitrogens with zero attached hydrogens (tertiary/aromatic N) is 4. The van der Waals surface area contributed by atoms with Gasteiger partial charge in [-0.15, -0.1) is 5.10 Å². The largest absolute Gasteiger partial charge is 0.416 e. The maximum atomic E-state index is 13.7. The highest BCUT2D eigenvalue weighted by Crippen LogP contribution is 2.32. The molecule has 2 N–H and O–H groups in total. The number of carbonyl (C=O) groups excluding carboxylic acids is 1. The maximum Gasteiger partial charge on any atom is 0.416 e. The lowest BCUT2D eigenvalue weighted by atomic mass is 9.96. The van der Waals surface area contributed by atoms with Gasteiger partial charge in [-0.3, -0.25) is 4.79 Å². The first kappa shape index (κ1) is 19.0. The minimum Gasteiger partial charge on any atom is -0.332 e. The molecule has 3 rings (SSSR count). The average molecular weight is 383 g/mol. The summed E-state index contributed by atoms with van der Waals surface area (Å²) in [5, 5.41) is 4.05. The maximum absolute atomic E-state index is 13.7. The number of aryl methyl sites for hydroxylation is 1. The zero-order chi connectivity index (χ0) is 19.8. The number of nitrogens with two attached hydrogens (primary N) is 1. The van der Waals surface area contributed by atoms with E-state index in [1.165, 1.54) is 34.3 Å². The molecule has 1 amide bonds. The monoisotopic (exact) mass is 383 g/mol. The van der Waals surface area contributed by atoms with Crippen molar-refractivity contribution in [3.63, 3.8) is 0 Å². The summed E-state index contributed by atoms with van der Waals surface area (Å²) >= 11 is 0. The van der Waals surface area contributed by atoms with Gasteiger partial charge < -0.3 is 10.6 Å². The first-order valence-corrected chi connectivity index (χ1v) is 8.06. The number of rotatable bonds is 4. The molecule has 6 nitrogen and oxygen atoms in total. The fourth-order valence-corrected chi connectivity index (χ4v) is 2.72. The van der Waals surface area contributed by atoms with E-state index in [0.717, 1.165) is 12.1 Å². The van der Waals surface area contributed by atoms with Crippen LogP contribution in [0.3, 0.4) is 0 Å². The van der Waals surface area contributed by atoms with E-state index in [1.807, 2.05) is 0 Å². The molecular formula is C17H17F4N5O. The Morgan fingerprint density at radius 1 is 1.33 bits per heavy atom. The van der Waals surface area contributed by atoms with Crippen LogP contribution in [0.1, 0.15) is 11.1 Å². The number of benzene rings is 1. The van der Waals surface area contributed by atoms with Crippen molar-refractivity contribution in [3.05, 3.63) is 41.7 Å². The normalized spacial score (nSPS) is 16.6. The SMILES string of the molecule is Cc1cc(-c2ncn(/C=C\C(=O)N3CC(F)(CN)C3)n2)cc(C(F)(F)F)c1. The van der Waals surface area contributed by atoms with Crippen LogP contribution in [0, 0.1) is 6.92 Å². The molecule has 1 aromatic heterocycles. The molecule has 10 heteroatoms. The minimum absolute atomic E-state index is 0.0706. The van der Waals surface area contributed by atoms with E-state index >= 15 is 0 Å². The van der Waals surface area contributed by atoms with Gasteiger partial charge in [-0.05, 0) is 30.7 Å².